The highest BCUT2D eigenvalue weighted by atomic mass is 32.2. The van der Waals surface area contributed by atoms with Crippen molar-refractivity contribution in [3.63, 3.8) is 0 Å². The highest BCUT2D eigenvalue weighted by Crippen LogP contribution is 2.33. The van der Waals surface area contributed by atoms with Crippen LogP contribution in [0.5, 0.6) is 5.75 Å². The molecule has 0 bridgehead atoms. The first-order chi connectivity index (χ1) is 16.9. The van der Waals surface area contributed by atoms with Crippen LogP contribution in [-0.4, -0.2) is 66.8 Å². The van der Waals surface area contributed by atoms with Gasteiger partial charge in [-0.15, -0.1) is 16.9 Å². The molecule has 0 aromatic heterocycles. The number of carboxylic acids is 1. The summed E-state index contributed by atoms with van der Waals surface area (Å²) in [6, 6.07) is 16.1. The van der Waals surface area contributed by atoms with Gasteiger partial charge in [0.1, 0.15) is 12.4 Å². The number of carbonyl (C=O) groups is 2. The molecule has 0 saturated heterocycles. The second-order valence-electron chi connectivity index (χ2n) is 6.94. The van der Waals surface area contributed by atoms with Gasteiger partial charge in [0.15, 0.2) is 6.10 Å². The number of para-hydroxylation sites is 1. The lowest BCUT2D eigenvalue weighted by atomic mass is 10.1. The van der Waals surface area contributed by atoms with Crippen molar-refractivity contribution in [2.24, 2.45) is 22.4 Å². The first kappa shape index (κ1) is 29.4. The largest absolute Gasteiger partial charge is 0.492 e. The minimum Gasteiger partial charge on any atom is -0.492 e. The number of hydrogen-bond donors (Lipinski definition) is 5. The molecule has 2 aromatic rings. The maximum absolute atomic E-state index is 11.2. The van der Waals surface area contributed by atoms with Gasteiger partial charge in [0.2, 0.25) is 5.96 Å². The molecule has 0 unspecified atom stereocenters. The minimum atomic E-state index is -0.933. The highest BCUT2D eigenvalue weighted by Gasteiger charge is 2.18. The Bertz CT molecular complexity index is 925. The van der Waals surface area contributed by atoms with Gasteiger partial charge in [0, 0.05) is 30.2 Å². The molecule has 35 heavy (non-hydrogen) atoms. The van der Waals surface area contributed by atoms with E-state index >= 15 is 0 Å². The standard InChI is InChI=1S/C21H25NO4S.CH6N4.CH2O2/c1-2-25-19(21(23)24)15-16-7-9-17(10-8-16)26-13-11-22-12-14-27-20-6-4-3-5-18(20)22;2-1(3)5-4;2-1-3/h3-10,19H,2,11-15H2,1H3,(H,23,24);4H2,(H4,2,3,5);1H,(H,2,3)/t19-;;/m0../s1. The average Bonchev–Trinajstić information content (AvgIpc) is 2.85. The number of fused-ring (bicyclic) bond motifs is 1. The van der Waals surface area contributed by atoms with Crippen LogP contribution in [0.1, 0.15) is 12.5 Å². The zero-order valence-electron chi connectivity index (χ0n) is 19.6. The minimum absolute atomic E-state index is 0.0926. The first-order valence-electron chi connectivity index (χ1n) is 10.8. The quantitative estimate of drug-likeness (QED) is 0.109. The van der Waals surface area contributed by atoms with Crippen LogP contribution in [0.15, 0.2) is 58.5 Å². The predicted molar refractivity (Wildman–Crippen MR) is 137 cm³/mol. The Morgan fingerprint density at radius 3 is 2.43 bits per heavy atom. The Hall–Kier alpha value is -3.64. The van der Waals surface area contributed by atoms with Crippen LogP contribution in [0, 0.1) is 0 Å². The molecule has 0 amide bonds. The Morgan fingerprint density at radius 2 is 1.86 bits per heavy atom. The fraction of sp³-hybridized carbons (Fsp3) is 0.348. The molecule has 0 fully saturated rings. The third kappa shape index (κ3) is 11.4. The van der Waals surface area contributed by atoms with E-state index in [1.807, 2.05) is 36.0 Å². The van der Waals surface area contributed by atoms with Crippen molar-refractivity contribution >= 4 is 35.9 Å². The summed E-state index contributed by atoms with van der Waals surface area (Å²) in [7, 11) is 0. The third-order valence-corrected chi connectivity index (χ3v) is 5.63. The lowest BCUT2D eigenvalue weighted by Crippen LogP contribution is -2.33. The normalized spacial score (nSPS) is 12.4. The van der Waals surface area contributed by atoms with Crippen LogP contribution < -0.4 is 26.9 Å². The number of guanidine groups is 1. The molecule has 8 N–H and O–H groups in total. The molecule has 1 atom stereocenters. The van der Waals surface area contributed by atoms with Crippen molar-refractivity contribution in [3.8, 4) is 5.75 Å². The fourth-order valence-corrected chi connectivity index (χ4v) is 4.14. The molecule has 1 heterocycles. The summed E-state index contributed by atoms with van der Waals surface area (Å²) in [5.74, 6) is 5.37. The number of anilines is 1. The SMILES string of the molecule is CCO[C@@H](Cc1ccc(OCCN2CCSc3ccccc32)cc1)C(=O)O.NN=C(N)N.O=CO. The molecule has 3 rings (SSSR count). The molecule has 2 aromatic carbocycles. The second kappa shape index (κ2) is 16.9. The number of aliphatic carboxylic acids is 1. The summed E-state index contributed by atoms with van der Waals surface area (Å²) in [6.45, 7) is 4.40. The summed E-state index contributed by atoms with van der Waals surface area (Å²) in [5.41, 5.74) is 11.6. The molecule has 1 aliphatic rings. The van der Waals surface area contributed by atoms with Gasteiger partial charge in [0.25, 0.3) is 6.47 Å². The maximum atomic E-state index is 11.2. The van der Waals surface area contributed by atoms with Gasteiger partial charge >= 0.3 is 5.97 Å². The van der Waals surface area contributed by atoms with E-state index in [0.717, 1.165) is 30.2 Å². The molecule has 0 radical (unpaired) electrons. The number of nitrogens with two attached hydrogens (primary N) is 3. The number of hydrazone groups is 1. The molecule has 192 valence electrons. The van der Waals surface area contributed by atoms with E-state index in [-0.39, 0.29) is 12.4 Å². The monoisotopic (exact) mass is 507 g/mol. The van der Waals surface area contributed by atoms with E-state index in [0.29, 0.717) is 19.6 Å². The maximum Gasteiger partial charge on any atom is 0.333 e. The Morgan fingerprint density at radius 1 is 1.23 bits per heavy atom. The van der Waals surface area contributed by atoms with Gasteiger partial charge in [-0.2, -0.15) is 0 Å². The fourth-order valence-electron chi connectivity index (χ4n) is 3.09. The van der Waals surface area contributed by atoms with Crippen molar-refractivity contribution in [2.75, 3.05) is 37.0 Å². The van der Waals surface area contributed by atoms with Crippen LogP contribution in [0.25, 0.3) is 0 Å². The van der Waals surface area contributed by atoms with Gasteiger partial charge in [0.05, 0.1) is 12.2 Å². The van der Waals surface area contributed by atoms with E-state index in [2.05, 4.69) is 40.1 Å². The molecule has 11 nitrogen and oxygen atoms in total. The van der Waals surface area contributed by atoms with E-state index in [9.17, 15) is 9.90 Å². The number of rotatable bonds is 9. The van der Waals surface area contributed by atoms with Crippen molar-refractivity contribution in [1.82, 2.24) is 0 Å². The van der Waals surface area contributed by atoms with E-state index in [1.54, 1.807) is 6.92 Å². The summed E-state index contributed by atoms with van der Waals surface area (Å²) in [4.78, 5) is 23.2. The predicted octanol–water partition coefficient (Wildman–Crippen LogP) is 1.54. The van der Waals surface area contributed by atoms with Crippen molar-refractivity contribution in [1.29, 1.82) is 0 Å². The zero-order chi connectivity index (χ0) is 26.1. The Balaban J connectivity index is 0.000000669. The van der Waals surface area contributed by atoms with Gasteiger partial charge in [-0.05, 0) is 36.8 Å². The van der Waals surface area contributed by atoms with E-state index < -0.39 is 12.1 Å². The third-order valence-electron chi connectivity index (χ3n) is 4.59. The molecule has 12 heteroatoms. The van der Waals surface area contributed by atoms with Crippen LogP contribution >= 0.6 is 11.8 Å². The van der Waals surface area contributed by atoms with Crippen molar-refractivity contribution in [2.45, 2.75) is 24.3 Å². The number of benzene rings is 2. The zero-order valence-corrected chi connectivity index (χ0v) is 20.4. The lowest BCUT2D eigenvalue weighted by Gasteiger charge is -2.30. The van der Waals surface area contributed by atoms with Gasteiger partial charge in [-0.25, -0.2) is 4.79 Å². The number of nitrogens with zero attached hydrogens (tertiary/aromatic N) is 2. The number of thioether (sulfide) groups is 1. The molecular weight excluding hydrogens is 474 g/mol. The van der Waals surface area contributed by atoms with Crippen molar-refractivity contribution < 1.29 is 29.3 Å². The van der Waals surface area contributed by atoms with E-state index in [4.69, 9.17) is 30.8 Å². The van der Waals surface area contributed by atoms with Crippen LogP contribution in [0.3, 0.4) is 0 Å². The van der Waals surface area contributed by atoms with Gasteiger partial charge in [-0.3, -0.25) is 4.79 Å². The number of ether oxygens (including phenoxy) is 2. The molecular formula is C23H33N5O6S. The smallest absolute Gasteiger partial charge is 0.333 e. The number of hydrogen-bond acceptors (Lipinski definition) is 8. The van der Waals surface area contributed by atoms with E-state index in [1.165, 1.54) is 10.6 Å². The summed E-state index contributed by atoms with van der Waals surface area (Å²) in [5, 5.41) is 18.9. The first-order valence-corrected chi connectivity index (χ1v) is 11.7. The Kier molecular flexibility index (Phi) is 14.2. The molecule has 0 spiro atoms. The van der Waals surface area contributed by atoms with Crippen LogP contribution in [0.2, 0.25) is 0 Å². The summed E-state index contributed by atoms with van der Waals surface area (Å²) in [6.07, 6.45) is -0.454. The number of carboxylic acid groups (broad SMARTS) is 2. The van der Waals surface area contributed by atoms with Gasteiger partial charge in [-0.1, -0.05) is 24.3 Å². The van der Waals surface area contributed by atoms with Crippen LogP contribution in [-0.2, 0) is 20.7 Å². The van der Waals surface area contributed by atoms with Gasteiger partial charge < -0.3 is 41.9 Å². The summed E-state index contributed by atoms with van der Waals surface area (Å²) < 4.78 is 11.1. The summed E-state index contributed by atoms with van der Waals surface area (Å²) >= 11 is 1.90. The average molecular weight is 508 g/mol. The molecule has 0 aliphatic carbocycles. The highest BCUT2D eigenvalue weighted by molar-refractivity contribution is 7.99. The second-order valence-corrected chi connectivity index (χ2v) is 8.08. The molecule has 0 saturated carbocycles. The Labute approximate surface area is 208 Å². The lowest BCUT2D eigenvalue weighted by molar-refractivity contribution is -0.150. The van der Waals surface area contributed by atoms with Crippen molar-refractivity contribution in [3.05, 3.63) is 54.1 Å². The molecule has 1 aliphatic heterocycles. The topological polar surface area (TPSA) is 187 Å². The van der Waals surface area contributed by atoms with Crippen LogP contribution in [0.4, 0.5) is 5.69 Å².